The molecule has 1 aliphatic rings. The Morgan fingerprint density at radius 2 is 2.00 bits per heavy atom. The van der Waals surface area contributed by atoms with Gasteiger partial charge in [-0.3, -0.25) is 15.0 Å². The lowest BCUT2D eigenvalue weighted by atomic mass is 9.98. The monoisotopic (exact) mass is 214 g/mol. The molecule has 1 fully saturated rings. The van der Waals surface area contributed by atoms with E-state index in [0.717, 1.165) is 25.9 Å². The molecule has 0 amide bonds. The van der Waals surface area contributed by atoms with Gasteiger partial charge in [-0.25, -0.2) is 5.01 Å². The van der Waals surface area contributed by atoms with Gasteiger partial charge in [0.2, 0.25) is 0 Å². The summed E-state index contributed by atoms with van der Waals surface area (Å²) in [6.07, 6.45) is 1.74. The first-order valence-corrected chi connectivity index (χ1v) is 5.34. The molecule has 0 aromatic heterocycles. The zero-order valence-electron chi connectivity index (χ0n) is 9.28. The smallest absolute Gasteiger partial charge is 0.316 e. The Balaban J connectivity index is 2.33. The van der Waals surface area contributed by atoms with Crippen molar-refractivity contribution < 1.29 is 14.3 Å². The molecule has 86 valence electrons. The number of esters is 2. The first-order valence-electron chi connectivity index (χ1n) is 5.34. The highest BCUT2D eigenvalue weighted by molar-refractivity contribution is 5.86. The molecular formula is C10H18N2O3. The molecule has 0 bridgehead atoms. The van der Waals surface area contributed by atoms with E-state index in [-0.39, 0.29) is 18.3 Å². The predicted octanol–water partition coefficient (Wildman–Crippen LogP) is 0.313. The van der Waals surface area contributed by atoms with E-state index in [2.05, 4.69) is 5.43 Å². The van der Waals surface area contributed by atoms with E-state index in [1.807, 2.05) is 12.1 Å². The zero-order valence-corrected chi connectivity index (χ0v) is 9.28. The highest BCUT2D eigenvalue weighted by atomic mass is 16.6. The average molecular weight is 214 g/mol. The summed E-state index contributed by atoms with van der Waals surface area (Å²) in [5, 5.41) is 2.05. The van der Waals surface area contributed by atoms with E-state index in [4.69, 9.17) is 4.74 Å². The largest absolute Gasteiger partial charge is 0.393 e. The average Bonchev–Trinajstić information content (AvgIpc) is 2.29. The van der Waals surface area contributed by atoms with Gasteiger partial charge in [0.15, 0.2) is 0 Å². The van der Waals surface area contributed by atoms with Crippen LogP contribution in [-0.4, -0.2) is 37.1 Å². The third kappa shape index (κ3) is 3.60. The number of carbonyl (C=O) groups excluding carboxylic acids is 2. The molecule has 1 aliphatic heterocycles. The Morgan fingerprint density at radius 3 is 2.47 bits per heavy atom. The van der Waals surface area contributed by atoms with Crippen molar-refractivity contribution in [2.24, 2.45) is 5.92 Å². The molecule has 1 saturated heterocycles. The summed E-state index contributed by atoms with van der Waals surface area (Å²) in [5.41, 5.74) is 3.03. The van der Waals surface area contributed by atoms with Crippen molar-refractivity contribution in [3.05, 3.63) is 0 Å². The van der Waals surface area contributed by atoms with Gasteiger partial charge in [0.05, 0.1) is 5.92 Å². The van der Waals surface area contributed by atoms with E-state index in [1.54, 1.807) is 6.92 Å². The van der Waals surface area contributed by atoms with E-state index in [1.165, 1.54) is 0 Å². The third-order valence-corrected chi connectivity index (χ3v) is 2.65. The summed E-state index contributed by atoms with van der Waals surface area (Å²) in [7, 11) is 1.86. The number of hydrogen-bond acceptors (Lipinski definition) is 5. The van der Waals surface area contributed by atoms with Crippen LogP contribution in [0.5, 0.6) is 0 Å². The second-order valence-corrected chi connectivity index (χ2v) is 3.63. The molecule has 1 N–H and O–H groups in total. The normalized spacial score (nSPS) is 18.8. The molecule has 0 saturated carbocycles. The predicted molar refractivity (Wildman–Crippen MR) is 54.7 cm³/mol. The lowest BCUT2D eigenvalue weighted by Crippen LogP contribution is -2.43. The highest BCUT2D eigenvalue weighted by Gasteiger charge is 2.26. The standard InChI is InChI=1S/C10H18N2O3/c1-3-9(13)15-10(14)8-4-6-12(11-2)7-5-8/h8,11H,3-7H2,1-2H3. The van der Waals surface area contributed by atoms with Gasteiger partial charge in [-0.2, -0.15) is 0 Å². The van der Waals surface area contributed by atoms with Gasteiger partial charge < -0.3 is 4.74 Å². The van der Waals surface area contributed by atoms with Crippen LogP contribution in [0.25, 0.3) is 0 Å². The molecule has 0 radical (unpaired) electrons. The summed E-state index contributed by atoms with van der Waals surface area (Å²) in [6, 6.07) is 0. The van der Waals surface area contributed by atoms with Crippen molar-refractivity contribution in [1.29, 1.82) is 0 Å². The fourth-order valence-corrected chi connectivity index (χ4v) is 1.61. The topological polar surface area (TPSA) is 58.6 Å². The first kappa shape index (κ1) is 12.1. The second kappa shape index (κ2) is 5.82. The minimum absolute atomic E-state index is 0.120. The molecule has 0 aliphatic carbocycles. The summed E-state index contributed by atoms with van der Waals surface area (Å²) in [5.74, 6) is -0.918. The maximum atomic E-state index is 11.5. The fraction of sp³-hybridized carbons (Fsp3) is 0.800. The Morgan fingerprint density at radius 1 is 1.40 bits per heavy atom. The number of rotatable bonds is 3. The van der Waals surface area contributed by atoms with Gasteiger partial charge in [-0.1, -0.05) is 6.92 Å². The van der Waals surface area contributed by atoms with Gasteiger partial charge in [-0.15, -0.1) is 0 Å². The number of nitrogens with one attached hydrogen (secondary N) is 1. The van der Waals surface area contributed by atoms with Gasteiger partial charge >= 0.3 is 11.9 Å². The van der Waals surface area contributed by atoms with Crippen molar-refractivity contribution in [3.8, 4) is 0 Å². The van der Waals surface area contributed by atoms with Crippen molar-refractivity contribution in [3.63, 3.8) is 0 Å². The minimum Gasteiger partial charge on any atom is -0.393 e. The van der Waals surface area contributed by atoms with Crippen LogP contribution in [0, 0.1) is 5.92 Å². The Bertz CT molecular complexity index is 235. The van der Waals surface area contributed by atoms with Crippen molar-refractivity contribution in [2.75, 3.05) is 20.1 Å². The molecular weight excluding hydrogens is 196 g/mol. The number of ether oxygens (including phenoxy) is 1. The molecule has 5 heteroatoms. The molecule has 0 aromatic carbocycles. The molecule has 0 unspecified atom stereocenters. The van der Waals surface area contributed by atoms with Gasteiger partial charge in [-0.05, 0) is 19.9 Å². The van der Waals surface area contributed by atoms with Crippen LogP contribution in [0.4, 0.5) is 0 Å². The zero-order chi connectivity index (χ0) is 11.3. The van der Waals surface area contributed by atoms with Crippen LogP contribution in [0.2, 0.25) is 0 Å². The number of hydrazine groups is 1. The molecule has 0 spiro atoms. The molecule has 1 rings (SSSR count). The molecule has 1 heterocycles. The van der Waals surface area contributed by atoms with Gasteiger partial charge in [0.25, 0.3) is 0 Å². The molecule has 0 atom stereocenters. The van der Waals surface area contributed by atoms with E-state index in [9.17, 15) is 9.59 Å². The van der Waals surface area contributed by atoms with Crippen LogP contribution in [-0.2, 0) is 14.3 Å². The Hall–Kier alpha value is -0.940. The maximum Gasteiger partial charge on any atom is 0.316 e. The van der Waals surface area contributed by atoms with Crippen molar-refractivity contribution >= 4 is 11.9 Å². The summed E-state index contributed by atoms with van der Waals surface area (Å²) >= 11 is 0. The van der Waals surface area contributed by atoms with Crippen molar-refractivity contribution in [1.82, 2.24) is 10.4 Å². The lowest BCUT2D eigenvalue weighted by molar-refractivity contribution is -0.163. The number of carbonyl (C=O) groups is 2. The summed E-state index contributed by atoms with van der Waals surface area (Å²) in [6.45, 7) is 3.31. The Kier molecular flexibility index (Phi) is 4.71. The first-order chi connectivity index (χ1) is 7.17. The van der Waals surface area contributed by atoms with Gasteiger partial charge in [0.1, 0.15) is 0 Å². The van der Waals surface area contributed by atoms with E-state index < -0.39 is 5.97 Å². The number of piperidine rings is 1. The maximum absolute atomic E-state index is 11.5. The third-order valence-electron chi connectivity index (χ3n) is 2.65. The van der Waals surface area contributed by atoms with Crippen LogP contribution in [0.3, 0.4) is 0 Å². The molecule has 0 aromatic rings. The molecule has 5 nitrogen and oxygen atoms in total. The van der Waals surface area contributed by atoms with Gasteiger partial charge in [0, 0.05) is 19.5 Å². The lowest BCUT2D eigenvalue weighted by Gasteiger charge is -2.29. The van der Waals surface area contributed by atoms with Crippen molar-refractivity contribution in [2.45, 2.75) is 26.2 Å². The van der Waals surface area contributed by atoms with E-state index >= 15 is 0 Å². The Labute approximate surface area is 89.7 Å². The van der Waals surface area contributed by atoms with Crippen LogP contribution < -0.4 is 5.43 Å². The SMILES string of the molecule is CCC(=O)OC(=O)C1CCN(NC)CC1. The highest BCUT2D eigenvalue weighted by Crippen LogP contribution is 2.17. The number of nitrogens with zero attached hydrogens (tertiary/aromatic N) is 1. The summed E-state index contributed by atoms with van der Waals surface area (Å²) < 4.78 is 4.69. The van der Waals surface area contributed by atoms with Crippen LogP contribution >= 0.6 is 0 Å². The van der Waals surface area contributed by atoms with Crippen LogP contribution in [0.15, 0.2) is 0 Å². The van der Waals surface area contributed by atoms with Crippen LogP contribution in [0.1, 0.15) is 26.2 Å². The fourth-order valence-electron chi connectivity index (χ4n) is 1.61. The second-order valence-electron chi connectivity index (χ2n) is 3.63. The minimum atomic E-state index is -0.434. The quantitative estimate of drug-likeness (QED) is 0.541. The van der Waals surface area contributed by atoms with E-state index in [0.29, 0.717) is 0 Å². The molecule has 15 heavy (non-hydrogen) atoms. The summed E-state index contributed by atoms with van der Waals surface area (Å²) in [4.78, 5) is 22.4. The number of hydrogen-bond donors (Lipinski definition) is 1.